The molecule has 6 heteroatoms. The first kappa shape index (κ1) is 13.5. The molecule has 1 fully saturated rings. The Balaban J connectivity index is 2.20. The lowest BCUT2D eigenvalue weighted by Crippen LogP contribution is -2.45. The lowest BCUT2D eigenvalue weighted by molar-refractivity contribution is 0.257. The molecule has 0 amide bonds. The first-order valence-electron chi connectivity index (χ1n) is 6.23. The smallest absolute Gasteiger partial charge is 0.148 e. The molecule has 0 spiro atoms. The lowest BCUT2D eigenvalue weighted by atomic mass is 10.1. The monoisotopic (exact) mass is 313 g/mol. The first-order chi connectivity index (χ1) is 8.63. The van der Waals surface area contributed by atoms with Crippen LogP contribution in [0.15, 0.2) is 10.8 Å². The average molecular weight is 314 g/mol. The van der Waals surface area contributed by atoms with E-state index in [1.807, 2.05) is 7.05 Å². The van der Waals surface area contributed by atoms with Crippen molar-refractivity contribution in [1.29, 1.82) is 0 Å². The molecule has 1 N–H and O–H groups in total. The Morgan fingerprint density at radius 3 is 2.89 bits per heavy atom. The van der Waals surface area contributed by atoms with E-state index in [1.165, 1.54) is 12.8 Å². The van der Waals surface area contributed by atoms with Crippen LogP contribution in [-0.4, -0.2) is 55.1 Å². The predicted molar refractivity (Wildman–Crippen MR) is 78.2 cm³/mol. The number of likely N-dealkylation sites (N-methyl/N-ethyl adjacent to an activating group) is 1. The molecule has 18 heavy (non-hydrogen) atoms. The second-order valence-corrected chi connectivity index (χ2v) is 5.61. The van der Waals surface area contributed by atoms with Crippen LogP contribution in [0.5, 0.6) is 0 Å². The van der Waals surface area contributed by atoms with Gasteiger partial charge in [-0.25, -0.2) is 9.97 Å². The van der Waals surface area contributed by atoms with Crippen LogP contribution in [0, 0.1) is 0 Å². The maximum atomic E-state index is 4.41. The van der Waals surface area contributed by atoms with Crippen LogP contribution in [0.4, 0.5) is 11.6 Å². The molecule has 1 aromatic heterocycles. The third-order valence-electron chi connectivity index (χ3n) is 3.43. The summed E-state index contributed by atoms with van der Waals surface area (Å²) < 4.78 is 0.951. The van der Waals surface area contributed by atoms with Gasteiger partial charge in [-0.1, -0.05) is 0 Å². The molecule has 0 bridgehead atoms. The summed E-state index contributed by atoms with van der Waals surface area (Å²) in [6.45, 7) is 2.08. The second-order valence-electron chi connectivity index (χ2n) is 4.82. The van der Waals surface area contributed by atoms with Gasteiger partial charge < -0.3 is 15.1 Å². The Bertz CT molecular complexity index is 409. The van der Waals surface area contributed by atoms with E-state index >= 15 is 0 Å². The second kappa shape index (κ2) is 5.84. The molecule has 2 rings (SSSR count). The van der Waals surface area contributed by atoms with E-state index in [9.17, 15) is 0 Å². The molecule has 1 aliphatic heterocycles. The van der Waals surface area contributed by atoms with Crippen molar-refractivity contribution in [2.75, 3.05) is 44.4 Å². The van der Waals surface area contributed by atoms with Crippen LogP contribution in [0.2, 0.25) is 0 Å². The van der Waals surface area contributed by atoms with E-state index in [2.05, 4.69) is 55.1 Å². The van der Waals surface area contributed by atoms with Gasteiger partial charge in [0.1, 0.15) is 22.4 Å². The molecule has 0 radical (unpaired) electrons. The molecule has 5 nitrogen and oxygen atoms in total. The Morgan fingerprint density at radius 2 is 2.22 bits per heavy atom. The quantitative estimate of drug-likeness (QED) is 0.922. The number of nitrogens with one attached hydrogen (secondary N) is 1. The highest BCUT2D eigenvalue weighted by atomic mass is 79.9. The summed E-state index contributed by atoms with van der Waals surface area (Å²) in [4.78, 5) is 13.2. The lowest BCUT2D eigenvalue weighted by Gasteiger charge is -2.37. The van der Waals surface area contributed by atoms with Gasteiger partial charge in [-0.2, -0.15) is 0 Å². The van der Waals surface area contributed by atoms with Gasteiger partial charge in [0.25, 0.3) is 0 Å². The summed E-state index contributed by atoms with van der Waals surface area (Å²) in [5, 5.41) is 3.07. The highest BCUT2D eigenvalue weighted by Gasteiger charge is 2.24. The van der Waals surface area contributed by atoms with Crippen molar-refractivity contribution in [3.63, 3.8) is 0 Å². The number of halogens is 1. The largest absolute Gasteiger partial charge is 0.372 e. The summed E-state index contributed by atoms with van der Waals surface area (Å²) >= 11 is 3.59. The Hall–Kier alpha value is -0.880. The molecule has 0 aromatic carbocycles. The first-order valence-corrected chi connectivity index (χ1v) is 7.02. The Kier molecular flexibility index (Phi) is 4.40. The number of hydrogen-bond donors (Lipinski definition) is 1. The number of nitrogens with zero attached hydrogens (tertiary/aromatic N) is 4. The molecular formula is C12H20BrN5. The molecule has 2 heterocycles. The number of piperidine rings is 1. The van der Waals surface area contributed by atoms with Crippen molar-refractivity contribution in [1.82, 2.24) is 14.9 Å². The van der Waals surface area contributed by atoms with Crippen LogP contribution in [0.1, 0.15) is 12.8 Å². The van der Waals surface area contributed by atoms with Crippen molar-refractivity contribution in [2.45, 2.75) is 18.9 Å². The van der Waals surface area contributed by atoms with Crippen molar-refractivity contribution < 1.29 is 0 Å². The van der Waals surface area contributed by atoms with Gasteiger partial charge in [0.05, 0.1) is 0 Å². The Labute approximate surface area is 117 Å². The van der Waals surface area contributed by atoms with E-state index in [4.69, 9.17) is 0 Å². The van der Waals surface area contributed by atoms with E-state index in [1.54, 1.807) is 6.33 Å². The van der Waals surface area contributed by atoms with E-state index in [0.29, 0.717) is 6.04 Å². The molecular weight excluding hydrogens is 294 g/mol. The van der Waals surface area contributed by atoms with E-state index in [0.717, 1.165) is 29.2 Å². The minimum atomic E-state index is 0.596. The van der Waals surface area contributed by atoms with Crippen LogP contribution in [0.25, 0.3) is 0 Å². The number of rotatable bonds is 3. The van der Waals surface area contributed by atoms with Crippen LogP contribution < -0.4 is 10.2 Å². The maximum Gasteiger partial charge on any atom is 0.148 e. The fourth-order valence-electron chi connectivity index (χ4n) is 2.32. The fourth-order valence-corrected chi connectivity index (χ4v) is 2.98. The summed E-state index contributed by atoms with van der Waals surface area (Å²) in [6, 6.07) is 0.596. The van der Waals surface area contributed by atoms with E-state index < -0.39 is 0 Å². The highest BCUT2D eigenvalue weighted by molar-refractivity contribution is 9.10. The zero-order chi connectivity index (χ0) is 13.1. The molecule has 100 valence electrons. The summed E-state index contributed by atoms with van der Waals surface area (Å²) in [7, 11) is 6.15. The van der Waals surface area contributed by atoms with Gasteiger partial charge in [0, 0.05) is 26.2 Å². The number of anilines is 2. The molecule has 1 aromatic rings. The van der Waals surface area contributed by atoms with Gasteiger partial charge in [-0.05, 0) is 42.9 Å². The third kappa shape index (κ3) is 2.75. The molecule has 1 atom stereocenters. The Morgan fingerprint density at radius 1 is 1.44 bits per heavy atom. The highest BCUT2D eigenvalue weighted by Crippen LogP contribution is 2.31. The fraction of sp³-hybridized carbons (Fsp3) is 0.667. The van der Waals surface area contributed by atoms with Gasteiger partial charge in [-0.15, -0.1) is 0 Å². The minimum Gasteiger partial charge on any atom is -0.372 e. The summed E-state index contributed by atoms with van der Waals surface area (Å²) in [5.74, 6) is 1.83. The van der Waals surface area contributed by atoms with E-state index in [-0.39, 0.29) is 0 Å². The van der Waals surface area contributed by atoms with Crippen molar-refractivity contribution >= 4 is 27.6 Å². The zero-order valence-electron chi connectivity index (χ0n) is 11.1. The standard InChI is InChI=1S/C12H20BrN5/c1-14-11-10(13)12(16-8-15-11)18-6-4-5-9(7-18)17(2)3/h8-9H,4-7H2,1-3H3,(H,14,15,16). The number of aromatic nitrogens is 2. The molecule has 1 saturated heterocycles. The zero-order valence-corrected chi connectivity index (χ0v) is 12.7. The number of hydrogen-bond acceptors (Lipinski definition) is 5. The summed E-state index contributed by atoms with van der Waals surface area (Å²) in [5.41, 5.74) is 0. The van der Waals surface area contributed by atoms with Gasteiger partial charge >= 0.3 is 0 Å². The molecule has 0 saturated carbocycles. The van der Waals surface area contributed by atoms with Gasteiger partial charge in [0.2, 0.25) is 0 Å². The third-order valence-corrected chi connectivity index (χ3v) is 4.16. The molecule has 1 aliphatic rings. The van der Waals surface area contributed by atoms with Crippen molar-refractivity contribution in [2.24, 2.45) is 0 Å². The van der Waals surface area contributed by atoms with Crippen molar-refractivity contribution in [3.8, 4) is 0 Å². The van der Waals surface area contributed by atoms with Gasteiger partial charge in [-0.3, -0.25) is 0 Å². The van der Waals surface area contributed by atoms with Crippen molar-refractivity contribution in [3.05, 3.63) is 10.8 Å². The normalized spacial score (nSPS) is 20.3. The maximum absolute atomic E-state index is 4.41. The van der Waals surface area contributed by atoms with Crippen LogP contribution in [-0.2, 0) is 0 Å². The SMILES string of the molecule is CNc1ncnc(N2CCCC(N(C)C)C2)c1Br. The summed E-state index contributed by atoms with van der Waals surface area (Å²) in [6.07, 6.45) is 4.07. The predicted octanol–water partition coefficient (Wildman–Crippen LogP) is 1.81. The molecule has 1 unspecified atom stereocenters. The molecule has 0 aliphatic carbocycles. The van der Waals surface area contributed by atoms with Crippen LogP contribution in [0.3, 0.4) is 0 Å². The van der Waals surface area contributed by atoms with Crippen LogP contribution >= 0.6 is 15.9 Å². The topological polar surface area (TPSA) is 44.3 Å². The average Bonchev–Trinajstić information content (AvgIpc) is 2.39. The minimum absolute atomic E-state index is 0.596. The van der Waals surface area contributed by atoms with Gasteiger partial charge in [0.15, 0.2) is 0 Å².